The van der Waals surface area contributed by atoms with Crippen LogP contribution in [0.3, 0.4) is 0 Å². The molecule has 2 aliphatic carbocycles. The summed E-state index contributed by atoms with van der Waals surface area (Å²) in [5.41, 5.74) is 1.04. The highest BCUT2D eigenvalue weighted by molar-refractivity contribution is 6.74. The van der Waals surface area contributed by atoms with E-state index in [1.807, 2.05) is 0 Å². The molecule has 0 spiro atoms. The highest BCUT2D eigenvalue weighted by Crippen LogP contribution is 2.59. The minimum Gasteiger partial charge on any atom is -0.467 e. The number of carbonyl (C=O) groups excluding carboxylic acids is 1. The van der Waals surface area contributed by atoms with Crippen molar-refractivity contribution in [3.8, 4) is 0 Å². The quantitative estimate of drug-likeness (QED) is 0.323. The summed E-state index contributed by atoms with van der Waals surface area (Å²) in [6.45, 7) is 16.2. The Hall–Kier alpha value is -0.953. The van der Waals surface area contributed by atoms with Gasteiger partial charge in [0.05, 0.1) is 12.9 Å². The first-order valence-corrected chi connectivity index (χ1v) is 15.1. The first-order valence-electron chi connectivity index (χ1n) is 12.2. The maximum Gasteiger partial charge on any atom is 0.192 e. The van der Waals surface area contributed by atoms with E-state index in [9.17, 15) is 4.79 Å². The van der Waals surface area contributed by atoms with Gasteiger partial charge in [-0.1, -0.05) is 34.6 Å². The molecule has 182 valence electrons. The van der Waals surface area contributed by atoms with E-state index in [1.165, 1.54) is 0 Å². The molecule has 1 heterocycles. The lowest BCUT2D eigenvalue weighted by Crippen LogP contribution is -2.44. The summed E-state index contributed by atoms with van der Waals surface area (Å²) >= 11 is 0. The van der Waals surface area contributed by atoms with E-state index in [0.29, 0.717) is 18.3 Å². The van der Waals surface area contributed by atoms with Gasteiger partial charge in [-0.2, -0.15) is 0 Å². The van der Waals surface area contributed by atoms with Crippen LogP contribution in [0, 0.1) is 23.2 Å². The van der Waals surface area contributed by atoms with Crippen molar-refractivity contribution in [1.29, 1.82) is 0 Å². The highest BCUT2D eigenvalue weighted by Gasteiger charge is 2.56. The third-order valence-corrected chi connectivity index (χ3v) is 13.5. The van der Waals surface area contributed by atoms with Crippen LogP contribution < -0.4 is 0 Å². The summed E-state index contributed by atoms with van der Waals surface area (Å²) in [4.78, 5) is 13.6. The molecule has 0 N–H and O–H groups in total. The Labute approximate surface area is 195 Å². The monoisotopic (exact) mass is 464 g/mol. The van der Waals surface area contributed by atoms with Crippen LogP contribution in [-0.4, -0.2) is 34.6 Å². The molecule has 2 saturated carbocycles. The standard InChI is InChI=1S/C26H44O5Si/c1-17(24(28-6)29-7)21-10-11-22-23(27)20(12-13-26(21,22)5)18-14-19(30-15-18)16-31-32(8,9)25(2,3)4/h14-15,17,20-22,24H,10-13,16H2,1-9H3/t17-,20+,21+,22-,26+/m0/s1. The van der Waals surface area contributed by atoms with Crippen LogP contribution in [0.25, 0.3) is 0 Å². The summed E-state index contributed by atoms with van der Waals surface area (Å²) < 4.78 is 23.3. The van der Waals surface area contributed by atoms with Gasteiger partial charge in [0.2, 0.25) is 0 Å². The smallest absolute Gasteiger partial charge is 0.192 e. The van der Waals surface area contributed by atoms with Crippen molar-refractivity contribution in [2.75, 3.05) is 14.2 Å². The maximum absolute atomic E-state index is 13.6. The molecule has 0 radical (unpaired) electrons. The largest absolute Gasteiger partial charge is 0.467 e. The zero-order chi connectivity index (χ0) is 23.9. The topological polar surface area (TPSA) is 57.9 Å². The fourth-order valence-corrected chi connectivity index (χ4v) is 6.90. The number of hydrogen-bond acceptors (Lipinski definition) is 5. The molecule has 0 aliphatic heterocycles. The highest BCUT2D eigenvalue weighted by atomic mass is 28.4. The zero-order valence-corrected chi connectivity index (χ0v) is 22.6. The molecule has 2 aliphatic rings. The molecule has 5 nitrogen and oxygen atoms in total. The molecular weight excluding hydrogens is 420 g/mol. The van der Waals surface area contributed by atoms with Crippen molar-refractivity contribution in [3.05, 3.63) is 23.7 Å². The molecule has 0 saturated heterocycles. The number of hydrogen-bond donors (Lipinski definition) is 0. The van der Waals surface area contributed by atoms with E-state index in [1.54, 1.807) is 20.5 Å². The minimum absolute atomic E-state index is 0.0142. The third kappa shape index (κ3) is 4.66. The zero-order valence-electron chi connectivity index (χ0n) is 21.6. The van der Waals surface area contributed by atoms with Crippen LogP contribution in [0.15, 0.2) is 16.7 Å². The average Bonchev–Trinajstić information content (AvgIpc) is 3.31. The van der Waals surface area contributed by atoms with E-state index in [0.717, 1.165) is 37.0 Å². The predicted molar refractivity (Wildman–Crippen MR) is 129 cm³/mol. The summed E-state index contributed by atoms with van der Waals surface area (Å²) in [6.07, 6.45) is 5.50. The van der Waals surface area contributed by atoms with Crippen LogP contribution in [0.4, 0.5) is 0 Å². The van der Waals surface area contributed by atoms with Gasteiger partial charge in [0.1, 0.15) is 11.5 Å². The molecule has 2 fully saturated rings. The van der Waals surface area contributed by atoms with Gasteiger partial charge in [-0.3, -0.25) is 4.79 Å². The predicted octanol–water partition coefficient (Wildman–Crippen LogP) is 6.54. The van der Waals surface area contributed by atoms with Crippen molar-refractivity contribution in [2.45, 2.75) is 97.2 Å². The number of rotatable bonds is 8. The molecule has 6 heteroatoms. The average molecular weight is 465 g/mol. The van der Waals surface area contributed by atoms with E-state index < -0.39 is 8.32 Å². The Morgan fingerprint density at radius 1 is 1.19 bits per heavy atom. The molecule has 5 atom stereocenters. The van der Waals surface area contributed by atoms with Crippen molar-refractivity contribution in [1.82, 2.24) is 0 Å². The number of ether oxygens (including phenoxy) is 2. The SMILES string of the molecule is COC(OC)[C@@H](C)[C@H]1CC[C@H]2C(=O)[C@@H](c3coc(CO[Si](C)(C)C(C)(C)C)c3)CC[C@]12C. The van der Waals surface area contributed by atoms with E-state index in [2.05, 4.69) is 53.8 Å². The Morgan fingerprint density at radius 2 is 1.84 bits per heavy atom. The molecule has 0 amide bonds. The van der Waals surface area contributed by atoms with Crippen LogP contribution in [0.2, 0.25) is 18.1 Å². The van der Waals surface area contributed by atoms with Crippen LogP contribution in [0.5, 0.6) is 0 Å². The van der Waals surface area contributed by atoms with Crippen LogP contribution >= 0.6 is 0 Å². The van der Waals surface area contributed by atoms with Gasteiger partial charge in [0, 0.05) is 37.5 Å². The fraction of sp³-hybridized carbons (Fsp3) is 0.808. The number of fused-ring (bicyclic) bond motifs is 1. The Bertz CT molecular complexity index is 790. The Morgan fingerprint density at radius 3 is 2.44 bits per heavy atom. The molecule has 1 aromatic rings. The lowest BCUT2D eigenvalue weighted by Gasteiger charge is -2.45. The van der Waals surface area contributed by atoms with Gasteiger partial charge in [-0.15, -0.1) is 0 Å². The summed E-state index contributed by atoms with van der Waals surface area (Å²) in [5.74, 6) is 1.94. The first-order chi connectivity index (χ1) is 14.9. The number of Topliss-reactive ketones (excluding diaryl/α,β-unsaturated/α-hetero) is 1. The van der Waals surface area contributed by atoms with Gasteiger partial charge in [0.15, 0.2) is 14.6 Å². The molecule has 1 aromatic heterocycles. The second kappa shape index (κ2) is 9.36. The lowest BCUT2D eigenvalue weighted by atomic mass is 9.59. The van der Waals surface area contributed by atoms with Gasteiger partial charge < -0.3 is 18.3 Å². The first kappa shape index (κ1) is 25.7. The molecule has 0 aromatic carbocycles. The second-order valence-corrected chi connectivity index (χ2v) is 16.6. The number of furan rings is 1. The number of carbonyl (C=O) groups is 1. The van der Waals surface area contributed by atoms with Crippen LogP contribution in [-0.2, 0) is 25.3 Å². The molecule has 0 unspecified atom stereocenters. The lowest BCUT2D eigenvalue weighted by molar-refractivity contribution is -0.159. The second-order valence-electron chi connectivity index (χ2n) is 11.8. The molecular formula is C26H44O5Si. The van der Waals surface area contributed by atoms with Crippen molar-refractivity contribution >= 4 is 14.1 Å². The van der Waals surface area contributed by atoms with Crippen molar-refractivity contribution in [2.24, 2.45) is 23.2 Å². The Balaban J connectivity index is 1.69. The number of ketones is 1. The normalized spacial score (nSPS) is 30.1. The summed E-state index contributed by atoms with van der Waals surface area (Å²) in [5, 5.41) is 0.160. The summed E-state index contributed by atoms with van der Waals surface area (Å²) in [7, 11) is 1.56. The van der Waals surface area contributed by atoms with Crippen molar-refractivity contribution < 1.29 is 23.1 Å². The van der Waals surface area contributed by atoms with Gasteiger partial charge >= 0.3 is 0 Å². The van der Waals surface area contributed by atoms with Crippen LogP contribution in [0.1, 0.15) is 77.5 Å². The van der Waals surface area contributed by atoms with Gasteiger partial charge in [0.25, 0.3) is 0 Å². The van der Waals surface area contributed by atoms with Gasteiger partial charge in [-0.25, -0.2) is 0 Å². The molecule has 3 rings (SSSR count). The van der Waals surface area contributed by atoms with E-state index >= 15 is 0 Å². The summed E-state index contributed by atoms with van der Waals surface area (Å²) in [6, 6.07) is 2.05. The van der Waals surface area contributed by atoms with Crippen molar-refractivity contribution in [3.63, 3.8) is 0 Å². The molecule has 32 heavy (non-hydrogen) atoms. The fourth-order valence-electron chi connectivity index (χ4n) is 5.97. The third-order valence-electron chi connectivity index (χ3n) is 9.05. The molecule has 0 bridgehead atoms. The van der Waals surface area contributed by atoms with E-state index in [4.69, 9.17) is 18.3 Å². The minimum atomic E-state index is -1.84. The van der Waals surface area contributed by atoms with Gasteiger partial charge in [-0.05, 0) is 61.2 Å². The Kier molecular flexibility index (Phi) is 7.51. The maximum atomic E-state index is 13.6. The van der Waals surface area contributed by atoms with E-state index in [-0.39, 0.29) is 34.5 Å². The number of methoxy groups -OCH3 is 2.